The Morgan fingerprint density at radius 3 is 2.00 bits per heavy atom. The van der Waals surface area contributed by atoms with Crippen LogP contribution in [0.15, 0.2) is 12.2 Å². The van der Waals surface area contributed by atoms with E-state index in [1.54, 1.807) is 12.2 Å². The van der Waals surface area contributed by atoms with Gasteiger partial charge in [0.25, 0.3) is 0 Å². The highest BCUT2D eigenvalue weighted by atomic mass is 32.2. The summed E-state index contributed by atoms with van der Waals surface area (Å²) in [6.07, 6.45) is 3.55. The molecule has 0 rings (SSSR count). The van der Waals surface area contributed by atoms with Crippen LogP contribution in [0.4, 0.5) is 0 Å². The second-order valence-corrected chi connectivity index (χ2v) is 4.39. The van der Waals surface area contributed by atoms with E-state index in [0.29, 0.717) is 46.2 Å². The van der Waals surface area contributed by atoms with Gasteiger partial charge in [-0.2, -0.15) is 4.21 Å². The van der Waals surface area contributed by atoms with Gasteiger partial charge >= 0.3 is 11.4 Å². The van der Waals surface area contributed by atoms with Gasteiger partial charge in [0.1, 0.15) is 0 Å². The zero-order valence-electron chi connectivity index (χ0n) is 12.0. The van der Waals surface area contributed by atoms with Gasteiger partial charge in [0.05, 0.1) is 52.9 Å². The summed E-state index contributed by atoms with van der Waals surface area (Å²) < 4.78 is 36.4. The van der Waals surface area contributed by atoms with Crippen LogP contribution in [-0.4, -0.2) is 63.6 Å². The van der Waals surface area contributed by atoms with Crippen LogP contribution in [0.25, 0.3) is 0 Å². The molecule has 0 aromatic heterocycles. The van der Waals surface area contributed by atoms with Gasteiger partial charge in [-0.15, -0.1) is 0 Å². The Hall–Kier alpha value is -0.350. The molecule has 0 saturated carbocycles. The average molecular weight is 311 g/mol. The van der Waals surface area contributed by atoms with E-state index in [-0.39, 0.29) is 13.2 Å². The molecule has 0 aliphatic rings. The Morgan fingerprint density at radius 1 is 0.900 bits per heavy atom. The first-order valence-electron chi connectivity index (χ1n) is 6.54. The lowest BCUT2D eigenvalue weighted by Gasteiger charge is -2.06. The normalized spacial score (nSPS) is 13.1. The third-order valence-corrected chi connectivity index (χ3v) is 2.60. The zero-order chi connectivity index (χ0) is 14.9. The summed E-state index contributed by atoms with van der Waals surface area (Å²) in [6, 6.07) is 0. The molecule has 1 atom stereocenters. The van der Waals surface area contributed by atoms with E-state index in [2.05, 4.69) is 0 Å². The molecule has 0 bridgehead atoms. The van der Waals surface area contributed by atoms with Gasteiger partial charge in [-0.3, -0.25) is 8.37 Å². The first-order valence-corrected chi connectivity index (χ1v) is 7.54. The maximum Gasteiger partial charge on any atom is 0.304 e. The van der Waals surface area contributed by atoms with Gasteiger partial charge in [-0.05, 0) is 6.92 Å². The molecule has 8 heteroatoms. The van der Waals surface area contributed by atoms with E-state index in [0.717, 1.165) is 0 Å². The van der Waals surface area contributed by atoms with Gasteiger partial charge in [0.2, 0.25) is 0 Å². The van der Waals surface area contributed by atoms with Gasteiger partial charge in [0, 0.05) is 6.54 Å². The van der Waals surface area contributed by atoms with Crippen molar-refractivity contribution in [1.29, 1.82) is 0 Å². The van der Waals surface area contributed by atoms with Crippen LogP contribution >= 0.6 is 0 Å². The largest absolute Gasteiger partial charge is 0.378 e. The number of allylic oxidation sites excluding steroid dienone is 1. The molecule has 0 aromatic carbocycles. The predicted molar refractivity (Wildman–Crippen MR) is 76.4 cm³/mol. The highest BCUT2D eigenvalue weighted by Gasteiger charge is 1.99. The average Bonchev–Trinajstić information content (AvgIpc) is 2.45. The minimum Gasteiger partial charge on any atom is -0.378 e. The van der Waals surface area contributed by atoms with Crippen molar-refractivity contribution in [2.75, 3.05) is 59.4 Å². The van der Waals surface area contributed by atoms with Crippen LogP contribution in [0.1, 0.15) is 6.92 Å². The topological polar surface area (TPSA) is 89.2 Å². The van der Waals surface area contributed by atoms with Crippen molar-refractivity contribution in [3.8, 4) is 0 Å². The van der Waals surface area contributed by atoms with Crippen molar-refractivity contribution in [3.63, 3.8) is 0 Å². The molecule has 0 heterocycles. The molecule has 0 aromatic rings. The molecule has 0 fully saturated rings. The maximum atomic E-state index is 11.1. The zero-order valence-corrected chi connectivity index (χ0v) is 12.8. The summed E-state index contributed by atoms with van der Waals surface area (Å²) in [6.45, 7) is 5.71. The van der Waals surface area contributed by atoms with E-state index in [4.69, 9.17) is 28.3 Å². The van der Waals surface area contributed by atoms with Crippen LogP contribution < -0.4 is 5.73 Å². The third-order valence-electron chi connectivity index (χ3n) is 1.91. The molecule has 20 heavy (non-hydrogen) atoms. The van der Waals surface area contributed by atoms with Crippen molar-refractivity contribution in [3.05, 3.63) is 12.2 Å². The number of rotatable bonds is 15. The lowest BCUT2D eigenvalue weighted by molar-refractivity contribution is 0.0106. The molecular formula is C12H25NO6S. The fraction of sp³-hybridized carbons (Fsp3) is 0.833. The molecule has 0 amide bonds. The maximum absolute atomic E-state index is 11.1. The summed E-state index contributed by atoms with van der Waals surface area (Å²) in [5, 5.41) is 0. The fourth-order valence-electron chi connectivity index (χ4n) is 1.01. The highest BCUT2D eigenvalue weighted by Crippen LogP contribution is 1.90. The second kappa shape index (κ2) is 16.7. The van der Waals surface area contributed by atoms with Crippen molar-refractivity contribution >= 4 is 11.4 Å². The first-order chi connectivity index (χ1) is 9.81. The summed E-state index contributed by atoms with van der Waals surface area (Å²) in [4.78, 5) is 0. The SMILES string of the molecule is C/C=C/COS(=O)OCCOCCOCCOCCN. The van der Waals surface area contributed by atoms with Crippen molar-refractivity contribution in [2.24, 2.45) is 5.73 Å². The number of nitrogens with two attached hydrogens (primary N) is 1. The van der Waals surface area contributed by atoms with Crippen molar-refractivity contribution < 1.29 is 26.8 Å². The summed E-state index contributed by atoms with van der Waals surface area (Å²) in [5.74, 6) is 0. The second-order valence-electron chi connectivity index (χ2n) is 3.51. The molecule has 7 nitrogen and oxygen atoms in total. The lowest BCUT2D eigenvalue weighted by atomic mass is 10.6. The van der Waals surface area contributed by atoms with Crippen LogP contribution in [-0.2, 0) is 33.9 Å². The Morgan fingerprint density at radius 2 is 1.45 bits per heavy atom. The molecule has 0 spiro atoms. The van der Waals surface area contributed by atoms with E-state index in [9.17, 15) is 4.21 Å². The summed E-state index contributed by atoms with van der Waals surface area (Å²) >= 11 is -1.72. The molecule has 0 radical (unpaired) electrons. The Balaban J connectivity index is 3.10. The van der Waals surface area contributed by atoms with Crippen molar-refractivity contribution in [2.45, 2.75) is 6.92 Å². The van der Waals surface area contributed by atoms with Crippen molar-refractivity contribution in [1.82, 2.24) is 0 Å². The minimum absolute atomic E-state index is 0.210. The van der Waals surface area contributed by atoms with Crippen LogP contribution in [0.2, 0.25) is 0 Å². The standard InChI is InChI=1S/C12H25NO6S/c1-2-3-5-18-20(14)19-12-11-17-10-9-16-8-7-15-6-4-13/h2-3H,4-13H2,1H3/b3-2+. The summed E-state index contributed by atoms with van der Waals surface area (Å²) in [7, 11) is 0. The Bertz CT molecular complexity index is 252. The molecule has 0 aliphatic heterocycles. The van der Waals surface area contributed by atoms with Gasteiger partial charge < -0.3 is 19.9 Å². The number of hydrogen-bond acceptors (Lipinski definition) is 7. The first kappa shape index (κ1) is 19.7. The third kappa shape index (κ3) is 15.7. The highest BCUT2D eigenvalue weighted by molar-refractivity contribution is 7.75. The summed E-state index contributed by atoms with van der Waals surface area (Å²) in [5.41, 5.74) is 5.26. The van der Waals surface area contributed by atoms with Crippen LogP contribution in [0, 0.1) is 0 Å². The van der Waals surface area contributed by atoms with Crippen LogP contribution in [0.3, 0.4) is 0 Å². The minimum atomic E-state index is -1.72. The van der Waals surface area contributed by atoms with E-state index in [1.807, 2.05) is 6.92 Å². The molecule has 120 valence electrons. The molecule has 0 aliphatic carbocycles. The molecular weight excluding hydrogens is 286 g/mol. The predicted octanol–water partition coefficient (Wildman–Crippen LogP) is 0.183. The molecule has 0 saturated heterocycles. The van der Waals surface area contributed by atoms with E-state index >= 15 is 0 Å². The van der Waals surface area contributed by atoms with Gasteiger partial charge in [-0.1, -0.05) is 12.2 Å². The van der Waals surface area contributed by atoms with Gasteiger partial charge in [-0.25, -0.2) is 0 Å². The lowest BCUT2D eigenvalue weighted by Crippen LogP contribution is -2.14. The molecule has 1 unspecified atom stereocenters. The fourth-order valence-corrected chi connectivity index (χ4v) is 1.47. The van der Waals surface area contributed by atoms with E-state index < -0.39 is 11.4 Å². The van der Waals surface area contributed by atoms with Crippen LogP contribution in [0.5, 0.6) is 0 Å². The van der Waals surface area contributed by atoms with E-state index in [1.165, 1.54) is 0 Å². The Kier molecular flexibility index (Phi) is 16.4. The number of ether oxygens (including phenoxy) is 3. The monoisotopic (exact) mass is 311 g/mol. The number of hydrogen-bond donors (Lipinski definition) is 1. The quantitative estimate of drug-likeness (QED) is 0.341. The smallest absolute Gasteiger partial charge is 0.304 e. The Labute approximate surface area is 123 Å². The van der Waals surface area contributed by atoms with Gasteiger partial charge in [0.15, 0.2) is 0 Å². The molecule has 2 N–H and O–H groups in total.